The van der Waals surface area contributed by atoms with E-state index in [4.69, 9.17) is 10.00 Å². The van der Waals surface area contributed by atoms with Gasteiger partial charge in [0.25, 0.3) is 11.5 Å². The molecule has 1 heterocycles. The van der Waals surface area contributed by atoms with Gasteiger partial charge in [-0.25, -0.2) is 4.98 Å². The van der Waals surface area contributed by atoms with Crippen molar-refractivity contribution >= 4 is 28.5 Å². The molecule has 0 saturated heterocycles. The topological polar surface area (TPSA) is 105 Å². The monoisotopic (exact) mass is 458 g/mol. The Labute approximate surface area is 197 Å². The van der Waals surface area contributed by atoms with E-state index in [0.717, 1.165) is 12.8 Å². The fraction of sp³-hybridized carbons (Fsp3) is 0.346. The molecule has 1 aromatic heterocycles. The van der Waals surface area contributed by atoms with Gasteiger partial charge in [0.1, 0.15) is 5.82 Å². The highest BCUT2D eigenvalue weighted by Gasteiger charge is 2.29. The number of carbonyl (C=O) groups is 2. The van der Waals surface area contributed by atoms with Gasteiger partial charge >= 0.3 is 5.97 Å². The summed E-state index contributed by atoms with van der Waals surface area (Å²) in [6.45, 7) is 1.73. The number of carbonyl (C=O) groups excluding carboxylic acids is 2. The zero-order chi connectivity index (χ0) is 24.1. The summed E-state index contributed by atoms with van der Waals surface area (Å²) in [5, 5.41) is 9.52. The number of aryl methyl sites for hydroxylation is 1. The minimum absolute atomic E-state index is 0.00134. The van der Waals surface area contributed by atoms with Gasteiger partial charge in [-0.1, -0.05) is 30.3 Å². The molecule has 1 saturated carbocycles. The molecule has 0 spiro atoms. The van der Waals surface area contributed by atoms with Crippen LogP contribution in [0.5, 0.6) is 0 Å². The van der Waals surface area contributed by atoms with E-state index >= 15 is 0 Å². The second-order valence-electron chi connectivity index (χ2n) is 8.32. The lowest BCUT2D eigenvalue weighted by Crippen LogP contribution is -2.40. The van der Waals surface area contributed by atoms with Gasteiger partial charge in [-0.15, -0.1) is 0 Å². The second kappa shape index (κ2) is 10.3. The van der Waals surface area contributed by atoms with Gasteiger partial charge < -0.3 is 9.64 Å². The van der Waals surface area contributed by atoms with E-state index in [1.807, 2.05) is 24.3 Å². The van der Waals surface area contributed by atoms with Crippen molar-refractivity contribution in [3.8, 4) is 6.07 Å². The molecule has 1 fully saturated rings. The van der Waals surface area contributed by atoms with Crippen LogP contribution in [0, 0.1) is 11.3 Å². The molecular formula is C26H26N4O4. The van der Waals surface area contributed by atoms with Crippen LogP contribution in [0.15, 0.2) is 59.4 Å². The van der Waals surface area contributed by atoms with Crippen LogP contribution in [-0.2, 0) is 20.7 Å². The van der Waals surface area contributed by atoms with Crippen LogP contribution in [0.25, 0.3) is 10.9 Å². The fourth-order valence-electron chi connectivity index (χ4n) is 3.95. The molecule has 1 unspecified atom stereocenters. The van der Waals surface area contributed by atoms with E-state index < -0.39 is 18.0 Å². The number of hydrogen-bond acceptors (Lipinski definition) is 6. The van der Waals surface area contributed by atoms with Crippen molar-refractivity contribution in [1.82, 2.24) is 9.55 Å². The molecule has 0 radical (unpaired) electrons. The molecule has 1 aliphatic rings. The average molecular weight is 459 g/mol. The number of ether oxygens (including phenoxy) is 1. The molecule has 0 bridgehead atoms. The van der Waals surface area contributed by atoms with Gasteiger partial charge in [0.05, 0.1) is 29.8 Å². The first-order valence-corrected chi connectivity index (χ1v) is 11.4. The van der Waals surface area contributed by atoms with Crippen LogP contribution in [0.2, 0.25) is 0 Å². The number of aromatic nitrogens is 2. The molecule has 4 rings (SSSR count). The lowest BCUT2D eigenvalue weighted by molar-refractivity contribution is -0.153. The van der Waals surface area contributed by atoms with Crippen LogP contribution < -0.4 is 10.5 Å². The summed E-state index contributed by atoms with van der Waals surface area (Å²) in [5.41, 5.74) is 1.16. The Bertz CT molecular complexity index is 1290. The van der Waals surface area contributed by atoms with E-state index in [1.54, 1.807) is 41.0 Å². The summed E-state index contributed by atoms with van der Waals surface area (Å²) in [6.07, 6.45) is 1.22. The van der Waals surface area contributed by atoms with Crippen LogP contribution in [0.3, 0.4) is 0 Å². The van der Waals surface area contributed by atoms with Crippen molar-refractivity contribution < 1.29 is 14.3 Å². The van der Waals surface area contributed by atoms with Crippen molar-refractivity contribution in [2.45, 2.75) is 51.2 Å². The van der Waals surface area contributed by atoms with Crippen molar-refractivity contribution in [3.05, 3.63) is 70.8 Å². The van der Waals surface area contributed by atoms with E-state index in [0.29, 0.717) is 22.4 Å². The van der Waals surface area contributed by atoms with E-state index in [-0.39, 0.29) is 37.4 Å². The van der Waals surface area contributed by atoms with Crippen LogP contribution in [0.1, 0.15) is 44.5 Å². The number of rotatable bonds is 9. The van der Waals surface area contributed by atoms with E-state index in [1.165, 1.54) is 11.8 Å². The lowest BCUT2D eigenvalue weighted by Gasteiger charge is -2.25. The first kappa shape index (κ1) is 23.2. The Morgan fingerprint density at radius 2 is 1.88 bits per heavy atom. The zero-order valence-corrected chi connectivity index (χ0v) is 19.0. The molecule has 1 amide bonds. The number of para-hydroxylation sites is 2. The number of amides is 1. The first-order chi connectivity index (χ1) is 16.5. The minimum atomic E-state index is -1.01. The molecule has 0 aliphatic heterocycles. The van der Waals surface area contributed by atoms with E-state index in [2.05, 4.69) is 4.98 Å². The summed E-state index contributed by atoms with van der Waals surface area (Å²) >= 11 is 0. The Kier molecular flexibility index (Phi) is 7.02. The second-order valence-corrected chi connectivity index (χ2v) is 8.32. The molecule has 34 heavy (non-hydrogen) atoms. The number of anilines is 1. The Morgan fingerprint density at radius 1 is 1.18 bits per heavy atom. The smallest absolute Gasteiger partial charge is 0.307 e. The summed E-state index contributed by atoms with van der Waals surface area (Å²) in [6, 6.07) is 18.3. The number of nitrogens with zero attached hydrogens (tertiary/aromatic N) is 4. The molecule has 174 valence electrons. The molecule has 8 heteroatoms. The van der Waals surface area contributed by atoms with Gasteiger partial charge in [0.15, 0.2) is 6.10 Å². The minimum Gasteiger partial charge on any atom is -0.453 e. The first-order valence-electron chi connectivity index (χ1n) is 11.4. The van der Waals surface area contributed by atoms with Crippen molar-refractivity contribution in [2.75, 3.05) is 11.4 Å². The third-order valence-corrected chi connectivity index (χ3v) is 5.78. The highest BCUT2D eigenvalue weighted by molar-refractivity contribution is 5.97. The van der Waals surface area contributed by atoms with Gasteiger partial charge in [-0.2, -0.15) is 5.26 Å². The molecule has 0 N–H and O–H groups in total. The number of benzene rings is 2. The molecule has 8 nitrogen and oxygen atoms in total. The van der Waals surface area contributed by atoms with Gasteiger partial charge in [-0.3, -0.25) is 19.0 Å². The van der Waals surface area contributed by atoms with Crippen LogP contribution in [0.4, 0.5) is 5.69 Å². The fourth-order valence-corrected chi connectivity index (χ4v) is 3.95. The van der Waals surface area contributed by atoms with Crippen molar-refractivity contribution in [3.63, 3.8) is 0 Å². The molecular weight excluding hydrogens is 432 g/mol. The Hall–Kier alpha value is -3.99. The summed E-state index contributed by atoms with van der Waals surface area (Å²) in [5.74, 6) is -0.380. The lowest BCUT2D eigenvalue weighted by atomic mass is 10.2. The summed E-state index contributed by atoms with van der Waals surface area (Å²) in [7, 11) is 0. The quantitative estimate of drug-likeness (QED) is 0.454. The standard InChI is InChI=1S/C26H26N4O4/c1-18(25(32)29(17-7-16-27)19-8-3-2-4-9-19)34-24(31)15-14-23-28-22-11-6-5-10-21(22)26(33)30(23)20-12-13-20/h2-6,8-11,18,20H,7,12-15,17H2,1H3. The number of esters is 1. The van der Waals surface area contributed by atoms with Crippen LogP contribution >= 0.6 is 0 Å². The highest BCUT2D eigenvalue weighted by Crippen LogP contribution is 2.35. The number of fused-ring (bicyclic) bond motifs is 1. The molecule has 3 aromatic rings. The summed E-state index contributed by atoms with van der Waals surface area (Å²) in [4.78, 5) is 44.6. The normalized spacial score (nSPS) is 13.8. The summed E-state index contributed by atoms with van der Waals surface area (Å²) < 4.78 is 7.12. The maximum Gasteiger partial charge on any atom is 0.307 e. The third kappa shape index (κ3) is 5.15. The van der Waals surface area contributed by atoms with Crippen LogP contribution in [-0.4, -0.2) is 34.1 Å². The molecule has 1 atom stereocenters. The maximum absolute atomic E-state index is 13.0. The zero-order valence-electron chi connectivity index (χ0n) is 19.0. The average Bonchev–Trinajstić information content (AvgIpc) is 3.68. The molecule has 1 aliphatic carbocycles. The maximum atomic E-state index is 13.0. The third-order valence-electron chi connectivity index (χ3n) is 5.78. The predicted molar refractivity (Wildman–Crippen MR) is 127 cm³/mol. The van der Waals surface area contributed by atoms with Gasteiger partial charge in [-0.05, 0) is 44.0 Å². The Balaban J connectivity index is 1.44. The van der Waals surface area contributed by atoms with Gasteiger partial charge in [0, 0.05) is 24.7 Å². The number of hydrogen-bond donors (Lipinski definition) is 0. The Morgan fingerprint density at radius 3 is 2.59 bits per heavy atom. The molecule has 2 aromatic carbocycles. The highest BCUT2D eigenvalue weighted by atomic mass is 16.5. The van der Waals surface area contributed by atoms with Crippen molar-refractivity contribution in [1.29, 1.82) is 5.26 Å². The SMILES string of the molecule is CC(OC(=O)CCc1nc2ccccc2c(=O)n1C1CC1)C(=O)N(CCC#N)c1ccccc1. The van der Waals surface area contributed by atoms with Crippen molar-refractivity contribution in [2.24, 2.45) is 0 Å². The van der Waals surface area contributed by atoms with E-state index in [9.17, 15) is 14.4 Å². The number of nitriles is 1. The van der Waals surface area contributed by atoms with Gasteiger partial charge in [0.2, 0.25) is 0 Å². The largest absolute Gasteiger partial charge is 0.453 e. The predicted octanol–water partition coefficient (Wildman–Crippen LogP) is 3.54.